The van der Waals surface area contributed by atoms with Crippen molar-refractivity contribution in [2.75, 3.05) is 0 Å². The van der Waals surface area contributed by atoms with E-state index in [1.54, 1.807) is 0 Å². The monoisotopic (exact) mass is 456 g/mol. The lowest BCUT2D eigenvalue weighted by atomic mass is 10.0. The molecule has 0 spiro atoms. The van der Waals surface area contributed by atoms with Crippen LogP contribution in [0.3, 0.4) is 0 Å². The van der Waals surface area contributed by atoms with Gasteiger partial charge in [-0.15, -0.1) is 0 Å². The highest BCUT2D eigenvalue weighted by molar-refractivity contribution is 7.80. The van der Waals surface area contributed by atoms with Crippen molar-refractivity contribution in [3.8, 4) is 10.9 Å². The van der Waals surface area contributed by atoms with E-state index in [1.165, 1.54) is 56.5 Å². The van der Waals surface area contributed by atoms with Gasteiger partial charge in [0.1, 0.15) is 0 Å². The van der Waals surface area contributed by atoms with Crippen molar-refractivity contribution in [1.82, 2.24) is 0 Å². The van der Waals surface area contributed by atoms with Crippen molar-refractivity contribution < 1.29 is 0 Å². The maximum atomic E-state index is 2.38. The predicted molar refractivity (Wildman–Crippen MR) is 148 cm³/mol. The van der Waals surface area contributed by atoms with Crippen LogP contribution in [0.1, 0.15) is 0 Å². The Labute approximate surface area is 197 Å². The quantitative estimate of drug-likeness (QED) is 0.236. The lowest BCUT2D eigenvalue weighted by molar-refractivity contribution is 1.74. The van der Waals surface area contributed by atoms with Crippen LogP contribution in [-0.2, 0) is 0 Å². The van der Waals surface area contributed by atoms with Gasteiger partial charge in [0.15, 0.2) is 0 Å². The van der Waals surface area contributed by atoms with Gasteiger partial charge in [-0.3, -0.25) is 0 Å². The second-order valence-electron chi connectivity index (χ2n) is 8.07. The van der Waals surface area contributed by atoms with Crippen LogP contribution in [0, 0.1) is 0 Å². The van der Waals surface area contributed by atoms with Crippen LogP contribution in [0.4, 0.5) is 0 Å². The van der Waals surface area contributed by atoms with E-state index < -0.39 is 7.92 Å². The zero-order valence-corrected chi connectivity index (χ0v) is 19.9. The number of fused-ring (bicyclic) bond motifs is 2. The minimum absolute atomic E-state index is 0.703. The summed E-state index contributed by atoms with van der Waals surface area (Å²) in [4.78, 5) is 0. The molecule has 5 aromatic carbocycles. The van der Waals surface area contributed by atoms with Crippen molar-refractivity contribution >= 4 is 53.6 Å². The number of hydrogen-bond acceptors (Lipinski definition) is 0. The van der Waals surface area contributed by atoms with E-state index in [0.717, 1.165) is 0 Å². The molecular weight excluding hydrogens is 434 g/mol. The molecule has 0 aliphatic rings. The van der Waals surface area contributed by atoms with Crippen LogP contribution >= 0.6 is 16.1 Å². The van der Waals surface area contributed by atoms with Crippen molar-refractivity contribution in [2.45, 2.75) is 0 Å². The summed E-state index contributed by atoms with van der Waals surface area (Å²) in [6.07, 6.45) is 0. The average Bonchev–Trinajstić information content (AvgIpc) is 2.90. The van der Waals surface area contributed by atoms with Gasteiger partial charge in [-0.2, -0.15) is 0 Å². The summed E-state index contributed by atoms with van der Waals surface area (Å²) in [5.41, 5.74) is 1.39. The molecule has 0 amide bonds. The van der Waals surface area contributed by atoms with Gasteiger partial charge in [0.05, 0.1) is 0 Å². The van der Waals surface area contributed by atoms with Crippen LogP contribution < -0.4 is 15.9 Å². The molecule has 6 rings (SSSR count). The Kier molecular flexibility index (Phi) is 5.49. The highest BCUT2D eigenvalue weighted by atomic mass is 31.1. The van der Waals surface area contributed by atoms with E-state index in [1.807, 2.05) is 0 Å². The molecule has 0 saturated heterocycles. The maximum Gasteiger partial charge on any atom is 0.0182 e. The van der Waals surface area contributed by atoms with Crippen molar-refractivity contribution in [3.05, 3.63) is 133 Å². The number of rotatable bonds is 4. The van der Waals surface area contributed by atoms with E-state index in [0.29, 0.717) is 0 Å². The first-order valence-electron chi connectivity index (χ1n) is 11.2. The SMILES string of the molecule is c1ccc(P(c2ccccc2)c2ccc3ccccc3c2-c2pccc3ccccc23)cc1. The Morgan fingerprint density at radius 3 is 1.67 bits per heavy atom. The normalized spacial score (nSPS) is 11.5. The highest BCUT2D eigenvalue weighted by Gasteiger charge is 2.22. The molecule has 33 heavy (non-hydrogen) atoms. The van der Waals surface area contributed by atoms with Gasteiger partial charge in [0, 0.05) is 10.9 Å². The second-order valence-corrected chi connectivity index (χ2v) is 11.3. The Morgan fingerprint density at radius 1 is 0.455 bits per heavy atom. The van der Waals surface area contributed by atoms with Gasteiger partial charge in [0.25, 0.3) is 0 Å². The molecule has 0 N–H and O–H groups in total. The van der Waals surface area contributed by atoms with Crippen LogP contribution in [0.5, 0.6) is 0 Å². The van der Waals surface area contributed by atoms with Crippen LogP contribution in [0.25, 0.3) is 32.4 Å². The molecule has 0 aliphatic heterocycles. The number of benzene rings is 5. The van der Waals surface area contributed by atoms with Crippen molar-refractivity contribution in [1.29, 1.82) is 0 Å². The number of hydrogen-bond donors (Lipinski definition) is 0. The Bertz CT molecular complexity index is 1510. The molecule has 0 unspecified atom stereocenters. The molecule has 0 atom stereocenters. The summed E-state index contributed by atoms with van der Waals surface area (Å²) >= 11 is 0. The smallest absolute Gasteiger partial charge is 0.0182 e. The van der Waals surface area contributed by atoms with Crippen molar-refractivity contribution in [2.24, 2.45) is 0 Å². The van der Waals surface area contributed by atoms with Gasteiger partial charge < -0.3 is 0 Å². The van der Waals surface area contributed by atoms with E-state index in [4.69, 9.17) is 0 Å². The largest absolute Gasteiger partial charge is 0.0671 e. The maximum absolute atomic E-state index is 2.38. The minimum Gasteiger partial charge on any atom is -0.0671 e. The third-order valence-electron chi connectivity index (χ3n) is 6.09. The summed E-state index contributed by atoms with van der Waals surface area (Å²) in [6.45, 7) is 0. The van der Waals surface area contributed by atoms with Gasteiger partial charge in [0.2, 0.25) is 0 Å². The van der Waals surface area contributed by atoms with Gasteiger partial charge >= 0.3 is 0 Å². The Morgan fingerprint density at radius 2 is 1.00 bits per heavy atom. The zero-order chi connectivity index (χ0) is 22.0. The lowest BCUT2D eigenvalue weighted by Crippen LogP contribution is -2.22. The first kappa shape index (κ1) is 20.3. The fourth-order valence-corrected chi connectivity index (χ4v) is 8.26. The molecule has 0 aliphatic carbocycles. The van der Waals surface area contributed by atoms with E-state index >= 15 is 0 Å². The zero-order valence-electron chi connectivity index (χ0n) is 18.1. The predicted octanol–water partition coefficient (Wildman–Crippen LogP) is 8.00. The fraction of sp³-hybridized carbons (Fsp3) is 0. The van der Waals surface area contributed by atoms with Crippen LogP contribution in [-0.4, -0.2) is 0 Å². The molecule has 0 bridgehead atoms. The summed E-state index contributed by atoms with van der Waals surface area (Å²) in [7, 11) is 0.543. The standard InChI is InChI=1S/C31H22P2/c1-3-13-25(14-4-1)33(26-15-5-2-6-16-26)29-20-19-23-11-7-9-17-27(23)30(29)31-28-18-10-8-12-24(28)21-22-32-31/h1-22H. The molecule has 2 heteroatoms. The van der Waals surface area contributed by atoms with Crippen LogP contribution in [0.15, 0.2) is 133 Å². The van der Waals surface area contributed by atoms with Gasteiger partial charge in [-0.05, 0) is 57.2 Å². The lowest BCUT2D eigenvalue weighted by Gasteiger charge is -2.24. The first-order chi connectivity index (χ1) is 16.4. The van der Waals surface area contributed by atoms with Gasteiger partial charge in [-0.1, -0.05) is 130 Å². The summed E-state index contributed by atoms with van der Waals surface area (Å²) < 4.78 is 0. The third-order valence-corrected chi connectivity index (χ3v) is 9.59. The molecule has 1 aromatic heterocycles. The minimum atomic E-state index is -0.703. The van der Waals surface area contributed by atoms with Gasteiger partial charge in [-0.25, -0.2) is 0 Å². The summed E-state index contributed by atoms with van der Waals surface area (Å²) in [6, 6.07) is 46.6. The second kappa shape index (κ2) is 8.92. The summed E-state index contributed by atoms with van der Waals surface area (Å²) in [5, 5.41) is 10.9. The third kappa shape index (κ3) is 3.77. The molecule has 0 saturated carbocycles. The molecule has 6 aromatic rings. The van der Waals surface area contributed by atoms with Crippen LogP contribution in [0.2, 0.25) is 0 Å². The van der Waals surface area contributed by atoms with E-state index in [9.17, 15) is 0 Å². The van der Waals surface area contributed by atoms with Crippen molar-refractivity contribution in [3.63, 3.8) is 0 Å². The van der Waals surface area contributed by atoms with E-state index in [2.05, 4.69) is 133 Å². The van der Waals surface area contributed by atoms with E-state index in [-0.39, 0.29) is 0 Å². The fourth-order valence-electron chi connectivity index (χ4n) is 4.60. The molecular formula is C31H22P2. The molecule has 1 heterocycles. The first-order valence-corrected chi connectivity index (χ1v) is 13.5. The summed E-state index contributed by atoms with van der Waals surface area (Å²) in [5.74, 6) is 2.29. The highest BCUT2D eigenvalue weighted by Crippen LogP contribution is 2.44. The topological polar surface area (TPSA) is 0 Å². The molecule has 0 fully saturated rings. The molecule has 156 valence electrons. The Hall–Kier alpha value is -3.30. The Balaban J connectivity index is 1.73. The molecule has 0 radical (unpaired) electrons. The molecule has 0 nitrogen and oxygen atoms in total. The average molecular weight is 456 g/mol.